The number of furan rings is 1. The van der Waals surface area contributed by atoms with Gasteiger partial charge in [-0.3, -0.25) is 0 Å². The zero-order valence-electron chi connectivity index (χ0n) is 11.9. The van der Waals surface area contributed by atoms with E-state index in [2.05, 4.69) is 5.32 Å². The molecular weight excluding hydrogens is 280 g/mol. The van der Waals surface area contributed by atoms with Gasteiger partial charge in [0, 0.05) is 14.2 Å². The average molecular weight is 298 g/mol. The van der Waals surface area contributed by atoms with Crippen LogP contribution in [0.5, 0.6) is 0 Å². The Morgan fingerprint density at radius 2 is 1.95 bits per heavy atom. The minimum Gasteiger partial charge on any atom is -0.475 e. The van der Waals surface area contributed by atoms with E-state index in [0.717, 1.165) is 0 Å². The number of amides is 2. The number of carbonyl (C=O) groups excluding carboxylic acids is 1. The van der Waals surface area contributed by atoms with Gasteiger partial charge in [0.2, 0.25) is 5.76 Å². The van der Waals surface area contributed by atoms with Gasteiger partial charge in [-0.2, -0.15) is 0 Å². The summed E-state index contributed by atoms with van der Waals surface area (Å²) in [6.45, 7) is 1.01. The van der Waals surface area contributed by atoms with E-state index in [1.807, 2.05) is 0 Å². The summed E-state index contributed by atoms with van der Waals surface area (Å²) in [6.07, 6.45) is -0.300. The molecule has 0 aliphatic carbocycles. The summed E-state index contributed by atoms with van der Waals surface area (Å²) in [5.74, 6) is -0.913. The molecule has 0 aromatic carbocycles. The molecule has 21 heavy (non-hydrogen) atoms. The Kier molecular flexibility index (Phi) is 4.81. The van der Waals surface area contributed by atoms with Crippen LogP contribution in [0.1, 0.15) is 16.3 Å². The fraction of sp³-hybridized carbons (Fsp3) is 0.538. The largest absolute Gasteiger partial charge is 0.475 e. The second-order valence-electron chi connectivity index (χ2n) is 4.68. The van der Waals surface area contributed by atoms with Crippen LogP contribution in [0.3, 0.4) is 0 Å². The molecule has 1 saturated heterocycles. The third-order valence-corrected chi connectivity index (χ3v) is 3.39. The Morgan fingerprint density at radius 3 is 2.43 bits per heavy atom. The lowest BCUT2D eigenvalue weighted by molar-refractivity contribution is -0.00461. The molecule has 2 unspecified atom stereocenters. The molecule has 0 saturated carbocycles. The Hall–Kier alpha value is -2.06. The molecule has 2 N–H and O–H groups in total. The molecule has 2 amide bonds. The fourth-order valence-corrected chi connectivity index (χ4v) is 2.22. The Bertz CT molecular complexity index is 503. The van der Waals surface area contributed by atoms with Crippen LogP contribution in [0.15, 0.2) is 16.5 Å². The number of carboxylic acid groups (broad SMARTS) is 1. The summed E-state index contributed by atoms with van der Waals surface area (Å²) in [4.78, 5) is 24.3. The molecule has 1 fully saturated rings. The highest BCUT2D eigenvalue weighted by Gasteiger charge is 2.35. The summed E-state index contributed by atoms with van der Waals surface area (Å²) >= 11 is 0. The number of aromatic carboxylic acids is 1. The van der Waals surface area contributed by atoms with Gasteiger partial charge >= 0.3 is 12.0 Å². The second kappa shape index (κ2) is 6.59. The van der Waals surface area contributed by atoms with Crippen LogP contribution in [0.2, 0.25) is 0 Å². The highest BCUT2D eigenvalue weighted by molar-refractivity contribution is 5.84. The van der Waals surface area contributed by atoms with Crippen molar-refractivity contribution >= 4 is 12.0 Å². The van der Waals surface area contributed by atoms with Crippen molar-refractivity contribution in [2.45, 2.75) is 18.8 Å². The van der Waals surface area contributed by atoms with Crippen LogP contribution in [0.4, 0.5) is 4.79 Å². The zero-order valence-corrected chi connectivity index (χ0v) is 11.9. The van der Waals surface area contributed by atoms with Gasteiger partial charge in [0.05, 0.1) is 19.6 Å². The molecule has 0 bridgehead atoms. The molecule has 8 heteroatoms. The van der Waals surface area contributed by atoms with Crippen molar-refractivity contribution in [1.29, 1.82) is 0 Å². The van der Waals surface area contributed by atoms with Gasteiger partial charge < -0.3 is 29.2 Å². The lowest BCUT2D eigenvalue weighted by Gasteiger charge is -2.16. The van der Waals surface area contributed by atoms with E-state index in [9.17, 15) is 9.59 Å². The van der Waals surface area contributed by atoms with Crippen molar-refractivity contribution in [3.8, 4) is 0 Å². The topological polar surface area (TPSA) is 101 Å². The quantitative estimate of drug-likeness (QED) is 0.822. The third-order valence-electron chi connectivity index (χ3n) is 3.39. The van der Waals surface area contributed by atoms with Crippen molar-refractivity contribution in [2.24, 2.45) is 0 Å². The molecule has 0 spiro atoms. The van der Waals surface area contributed by atoms with Crippen molar-refractivity contribution in [3.63, 3.8) is 0 Å². The summed E-state index contributed by atoms with van der Waals surface area (Å²) in [5.41, 5.74) is 0. The van der Waals surface area contributed by atoms with Crippen molar-refractivity contribution in [2.75, 3.05) is 27.3 Å². The summed E-state index contributed by atoms with van der Waals surface area (Å²) < 4.78 is 15.6. The van der Waals surface area contributed by atoms with Crippen LogP contribution in [0, 0.1) is 0 Å². The molecule has 2 heterocycles. The second-order valence-corrected chi connectivity index (χ2v) is 4.68. The smallest absolute Gasteiger partial charge is 0.371 e. The average Bonchev–Trinajstić information content (AvgIpc) is 3.10. The first-order valence-corrected chi connectivity index (χ1v) is 6.45. The van der Waals surface area contributed by atoms with E-state index >= 15 is 0 Å². The minimum atomic E-state index is -1.14. The molecule has 1 aliphatic heterocycles. The molecule has 0 radical (unpaired) electrons. The van der Waals surface area contributed by atoms with Gasteiger partial charge in [-0.15, -0.1) is 0 Å². The fourth-order valence-electron chi connectivity index (χ4n) is 2.22. The number of hydrogen-bond donors (Lipinski definition) is 2. The van der Waals surface area contributed by atoms with E-state index in [1.165, 1.54) is 12.1 Å². The Morgan fingerprint density at radius 1 is 1.33 bits per heavy atom. The predicted molar refractivity (Wildman–Crippen MR) is 71.1 cm³/mol. The highest BCUT2D eigenvalue weighted by atomic mass is 16.5. The summed E-state index contributed by atoms with van der Waals surface area (Å²) in [7, 11) is 3.16. The van der Waals surface area contributed by atoms with Crippen LogP contribution in [0.25, 0.3) is 0 Å². The van der Waals surface area contributed by atoms with Crippen molar-refractivity contribution < 1.29 is 28.6 Å². The maximum Gasteiger partial charge on any atom is 0.371 e. The number of carbonyl (C=O) groups is 2. The number of likely N-dealkylation sites (tertiary alicyclic amines) is 1. The molecule has 2 atom stereocenters. The number of nitrogens with zero attached hydrogens (tertiary/aromatic N) is 1. The number of methoxy groups -OCH3 is 2. The molecule has 1 aliphatic rings. The maximum atomic E-state index is 12.0. The SMILES string of the molecule is COC1CN(C(=O)NCc2ccc(C(=O)O)o2)CC1OC. The Labute approximate surface area is 121 Å². The molecular formula is C13H18N2O6. The number of nitrogens with one attached hydrogen (secondary N) is 1. The maximum absolute atomic E-state index is 12.0. The van der Waals surface area contributed by atoms with E-state index in [4.69, 9.17) is 19.0 Å². The van der Waals surface area contributed by atoms with Gasteiger partial charge in [-0.25, -0.2) is 9.59 Å². The van der Waals surface area contributed by atoms with Crippen molar-refractivity contribution in [1.82, 2.24) is 10.2 Å². The van der Waals surface area contributed by atoms with E-state index < -0.39 is 5.97 Å². The van der Waals surface area contributed by atoms with E-state index in [1.54, 1.807) is 19.1 Å². The van der Waals surface area contributed by atoms with Gasteiger partial charge in [0.15, 0.2) is 0 Å². The number of carboxylic acids is 1. The number of hydrogen-bond acceptors (Lipinski definition) is 5. The molecule has 2 rings (SSSR count). The summed E-state index contributed by atoms with van der Waals surface area (Å²) in [6, 6.07) is 2.59. The lowest BCUT2D eigenvalue weighted by atomic mass is 10.3. The number of urea groups is 1. The van der Waals surface area contributed by atoms with Gasteiger partial charge in [-0.1, -0.05) is 0 Å². The summed E-state index contributed by atoms with van der Waals surface area (Å²) in [5, 5.41) is 11.4. The highest BCUT2D eigenvalue weighted by Crippen LogP contribution is 2.16. The van der Waals surface area contributed by atoms with Gasteiger partial charge in [0.25, 0.3) is 0 Å². The van der Waals surface area contributed by atoms with Crippen LogP contribution < -0.4 is 5.32 Å². The first-order valence-electron chi connectivity index (χ1n) is 6.45. The minimum absolute atomic E-state index is 0.123. The molecule has 8 nitrogen and oxygen atoms in total. The molecule has 1 aromatic rings. The van der Waals surface area contributed by atoms with Crippen molar-refractivity contribution in [3.05, 3.63) is 23.7 Å². The van der Waals surface area contributed by atoms with Crippen LogP contribution in [-0.2, 0) is 16.0 Å². The monoisotopic (exact) mass is 298 g/mol. The lowest BCUT2D eigenvalue weighted by Crippen LogP contribution is -2.38. The first kappa shape index (κ1) is 15.3. The molecule has 1 aromatic heterocycles. The van der Waals surface area contributed by atoms with Crippen LogP contribution >= 0.6 is 0 Å². The Balaban J connectivity index is 1.86. The number of ether oxygens (including phenoxy) is 2. The molecule has 116 valence electrons. The first-order chi connectivity index (χ1) is 10.0. The predicted octanol–water partition coefficient (Wildman–Crippen LogP) is 0.533. The van der Waals surface area contributed by atoms with Gasteiger partial charge in [0.1, 0.15) is 18.0 Å². The zero-order chi connectivity index (χ0) is 15.4. The normalized spacial score (nSPS) is 21.5. The van der Waals surface area contributed by atoms with E-state index in [0.29, 0.717) is 18.8 Å². The third kappa shape index (κ3) is 3.53. The van der Waals surface area contributed by atoms with E-state index in [-0.39, 0.29) is 30.5 Å². The van der Waals surface area contributed by atoms with Crippen LogP contribution in [-0.4, -0.2) is 61.5 Å². The van der Waals surface area contributed by atoms with Gasteiger partial charge in [-0.05, 0) is 12.1 Å². The standard InChI is InChI=1S/C13H18N2O6/c1-19-10-6-15(7-11(10)20-2)13(18)14-5-8-3-4-9(21-8)12(16)17/h3-4,10-11H,5-7H2,1-2H3,(H,14,18)(H,16,17). The number of rotatable bonds is 5.